The lowest BCUT2D eigenvalue weighted by Crippen LogP contribution is -1.85. The summed E-state index contributed by atoms with van der Waals surface area (Å²) in [6.45, 7) is 12.0. The maximum absolute atomic E-state index is 4.02. The molecular formula is C18H22S. The Morgan fingerprint density at radius 2 is 1.89 bits per heavy atom. The van der Waals surface area contributed by atoms with Crippen LogP contribution in [0.25, 0.3) is 5.57 Å². The average molecular weight is 270 g/mol. The maximum atomic E-state index is 4.02. The molecule has 0 unspecified atom stereocenters. The number of hydrogen-bond donors (Lipinski definition) is 0. The van der Waals surface area contributed by atoms with Gasteiger partial charge in [-0.05, 0) is 48.1 Å². The summed E-state index contributed by atoms with van der Waals surface area (Å²) < 4.78 is 0. The third-order valence-electron chi connectivity index (χ3n) is 2.60. The molecule has 19 heavy (non-hydrogen) atoms. The summed E-state index contributed by atoms with van der Waals surface area (Å²) in [5.41, 5.74) is 3.78. The van der Waals surface area contributed by atoms with Crippen LogP contribution in [0.15, 0.2) is 71.5 Å². The van der Waals surface area contributed by atoms with Gasteiger partial charge in [0.05, 0.1) is 0 Å². The van der Waals surface area contributed by atoms with Gasteiger partial charge in [0.2, 0.25) is 0 Å². The first kappa shape index (κ1) is 15.6. The van der Waals surface area contributed by atoms with E-state index in [1.807, 2.05) is 12.1 Å². The zero-order valence-electron chi connectivity index (χ0n) is 11.9. The van der Waals surface area contributed by atoms with E-state index in [1.165, 1.54) is 21.6 Å². The first-order valence-electron chi connectivity index (χ1n) is 6.46. The number of hydrogen-bond acceptors (Lipinski definition) is 1. The summed E-state index contributed by atoms with van der Waals surface area (Å²) in [6, 6.07) is 10.5. The van der Waals surface area contributed by atoms with E-state index in [0.29, 0.717) is 0 Å². The van der Waals surface area contributed by atoms with Crippen LogP contribution < -0.4 is 0 Å². The minimum absolute atomic E-state index is 0.922. The standard InChI is InChI=1S/C18H22S/c1-5-6-10-16(4)19-14-18(13-15(2)3)17-11-8-7-9-12-17/h5,7-12,14H,1-2,6,13H2,3-4H3/b16-10+,18-14+. The molecular weight excluding hydrogens is 248 g/mol. The molecule has 0 aliphatic rings. The Kier molecular flexibility index (Phi) is 7.06. The van der Waals surface area contributed by atoms with Gasteiger partial charge in [-0.15, -0.1) is 18.3 Å². The van der Waals surface area contributed by atoms with Crippen molar-refractivity contribution >= 4 is 17.3 Å². The van der Waals surface area contributed by atoms with Crippen LogP contribution in [-0.4, -0.2) is 0 Å². The molecule has 1 rings (SSSR count). The van der Waals surface area contributed by atoms with Crippen molar-refractivity contribution in [3.05, 3.63) is 77.1 Å². The Morgan fingerprint density at radius 3 is 2.47 bits per heavy atom. The Hall–Kier alpha value is -1.47. The van der Waals surface area contributed by atoms with E-state index in [-0.39, 0.29) is 0 Å². The molecule has 0 saturated heterocycles. The molecule has 0 aliphatic carbocycles. The molecule has 0 nitrogen and oxygen atoms in total. The molecule has 1 aromatic rings. The van der Waals surface area contributed by atoms with Gasteiger partial charge in [-0.25, -0.2) is 0 Å². The van der Waals surface area contributed by atoms with Gasteiger partial charge in [-0.1, -0.05) is 54.6 Å². The predicted molar refractivity (Wildman–Crippen MR) is 90.0 cm³/mol. The highest BCUT2D eigenvalue weighted by atomic mass is 32.2. The molecule has 0 N–H and O–H groups in total. The first-order valence-corrected chi connectivity index (χ1v) is 7.34. The zero-order chi connectivity index (χ0) is 14.1. The fourth-order valence-electron chi connectivity index (χ4n) is 1.65. The van der Waals surface area contributed by atoms with Crippen molar-refractivity contribution in [1.29, 1.82) is 0 Å². The molecule has 0 heterocycles. The highest BCUT2D eigenvalue weighted by Gasteiger charge is 2.01. The topological polar surface area (TPSA) is 0 Å². The number of allylic oxidation sites excluding steroid dienone is 5. The van der Waals surface area contributed by atoms with Crippen LogP contribution in [0, 0.1) is 0 Å². The van der Waals surface area contributed by atoms with E-state index >= 15 is 0 Å². The van der Waals surface area contributed by atoms with Crippen molar-refractivity contribution in [2.45, 2.75) is 26.7 Å². The highest BCUT2D eigenvalue weighted by Crippen LogP contribution is 2.28. The molecule has 0 fully saturated rings. The van der Waals surface area contributed by atoms with Gasteiger partial charge in [0.15, 0.2) is 0 Å². The number of benzene rings is 1. The largest absolute Gasteiger partial charge is 0.103 e. The highest BCUT2D eigenvalue weighted by molar-refractivity contribution is 8.05. The van der Waals surface area contributed by atoms with Crippen molar-refractivity contribution in [3.8, 4) is 0 Å². The Morgan fingerprint density at radius 1 is 1.21 bits per heavy atom. The van der Waals surface area contributed by atoms with E-state index in [0.717, 1.165) is 12.8 Å². The SMILES string of the molecule is C=CC/C=C(\C)S/C=C(\CC(=C)C)c1ccccc1. The fraction of sp³-hybridized carbons (Fsp3) is 0.222. The van der Waals surface area contributed by atoms with Crippen LogP contribution in [0.1, 0.15) is 32.3 Å². The van der Waals surface area contributed by atoms with Crippen molar-refractivity contribution < 1.29 is 0 Å². The van der Waals surface area contributed by atoms with Crippen molar-refractivity contribution in [2.75, 3.05) is 0 Å². The van der Waals surface area contributed by atoms with Crippen molar-refractivity contribution in [2.24, 2.45) is 0 Å². The fourth-order valence-corrected chi connectivity index (χ4v) is 2.39. The van der Waals surface area contributed by atoms with Crippen molar-refractivity contribution in [1.82, 2.24) is 0 Å². The van der Waals surface area contributed by atoms with Gasteiger partial charge in [0.25, 0.3) is 0 Å². The molecule has 100 valence electrons. The summed E-state index contributed by atoms with van der Waals surface area (Å²) in [4.78, 5) is 1.30. The third kappa shape index (κ3) is 6.30. The molecule has 1 aromatic carbocycles. The van der Waals surface area contributed by atoms with Crippen LogP contribution >= 0.6 is 11.8 Å². The molecule has 0 bridgehead atoms. The van der Waals surface area contributed by atoms with Crippen LogP contribution in [0.5, 0.6) is 0 Å². The minimum atomic E-state index is 0.922. The van der Waals surface area contributed by atoms with Crippen LogP contribution in [0.3, 0.4) is 0 Å². The van der Waals surface area contributed by atoms with Gasteiger partial charge in [0.1, 0.15) is 0 Å². The smallest absolute Gasteiger partial charge is 0.00614 e. The van der Waals surface area contributed by atoms with E-state index in [9.17, 15) is 0 Å². The normalized spacial score (nSPS) is 12.3. The summed E-state index contributed by atoms with van der Waals surface area (Å²) in [5, 5.41) is 2.24. The van der Waals surface area contributed by atoms with Gasteiger partial charge in [0, 0.05) is 0 Å². The summed E-state index contributed by atoms with van der Waals surface area (Å²) in [6.07, 6.45) is 5.96. The minimum Gasteiger partial charge on any atom is -0.103 e. The number of thioether (sulfide) groups is 1. The van der Waals surface area contributed by atoms with E-state index in [1.54, 1.807) is 11.8 Å². The van der Waals surface area contributed by atoms with Crippen LogP contribution in [0.2, 0.25) is 0 Å². The summed E-state index contributed by atoms with van der Waals surface area (Å²) in [5.74, 6) is 0. The zero-order valence-corrected chi connectivity index (χ0v) is 12.7. The Labute approximate surface area is 121 Å². The van der Waals surface area contributed by atoms with Crippen LogP contribution in [-0.2, 0) is 0 Å². The van der Waals surface area contributed by atoms with Gasteiger partial charge in [-0.3, -0.25) is 0 Å². The first-order chi connectivity index (χ1) is 9.13. The molecule has 0 spiro atoms. The number of rotatable bonds is 7. The predicted octanol–water partition coefficient (Wildman–Crippen LogP) is 6.21. The molecule has 0 aromatic heterocycles. The van der Waals surface area contributed by atoms with Gasteiger partial charge >= 0.3 is 0 Å². The van der Waals surface area contributed by atoms with E-state index in [4.69, 9.17) is 0 Å². The lowest BCUT2D eigenvalue weighted by molar-refractivity contribution is 1.24. The van der Waals surface area contributed by atoms with Gasteiger partial charge < -0.3 is 0 Å². The second kappa shape index (κ2) is 8.60. The lowest BCUT2D eigenvalue weighted by atomic mass is 10.0. The summed E-state index contributed by atoms with van der Waals surface area (Å²) in [7, 11) is 0. The Bertz CT molecular complexity index is 478. The second-order valence-corrected chi connectivity index (χ2v) is 5.72. The molecule has 0 amide bonds. The van der Waals surface area contributed by atoms with E-state index in [2.05, 4.69) is 62.8 Å². The average Bonchev–Trinajstić information content (AvgIpc) is 2.41. The lowest BCUT2D eigenvalue weighted by Gasteiger charge is -2.08. The van der Waals surface area contributed by atoms with Gasteiger partial charge in [-0.2, -0.15) is 0 Å². The molecule has 0 saturated carbocycles. The molecule has 0 aliphatic heterocycles. The maximum Gasteiger partial charge on any atom is -0.00614 e. The third-order valence-corrected chi connectivity index (χ3v) is 3.54. The molecule has 0 atom stereocenters. The molecule has 1 heteroatoms. The monoisotopic (exact) mass is 270 g/mol. The van der Waals surface area contributed by atoms with Crippen LogP contribution in [0.4, 0.5) is 0 Å². The summed E-state index contributed by atoms with van der Waals surface area (Å²) >= 11 is 1.77. The van der Waals surface area contributed by atoms with Crippen molar-refractivity contribution in [3.63, 3.8) is 0 Å². The second-order valence-electron chi connectivity index (χ2n) is 4.60. The quantitative estimate of drug-likeness (QED) is 0.531. The Balaban J connectivity index is 2.85. The van der Waals surface area contributed by atoms with E-state index < -0.39 is 0 Å². The molecule has 0 radical (unpaired) electrons.